The zero-order chi connectivity index (χ0) is 19.2. The van der Waals surface area contributed by atoms with Crippen molar-refractivity contribution in [2.75, 3.05) is 0 Å². The van der Waals surface area contributed by atoms with Gasteiger partial charge in [-0.1, -0.05) is 81.8 Å². The van der Waals surface area contributed by atoms with Crippen molar-refractivity contribution >= 4 is 0 Å². The molecule has 0 aromatic heterocycles. The minimum atomic E-state index is 0.339. The predicted molar refractivity (Wildman–Crippen MR) is 116 cm³/mol. The maximum atomic E-state index is 2.61. The van der Waals surface area contributed by atoms with Crippen LogP contribution in [0.4, 0.5) is 0 Å². The largest absolute Gasteiger partial charge is 0.0622 e. The third-order valence-electron chi connectivity index (χ3n) is 8.30. The second-order valence-electron chi connectivity index (χ2n) is 10.3. The lowest BCUT2D eigenvalue weighted by molar-refractivity contribution is -0.0352. The van der Waals surface area contributed by atoms with Gasteiger partial charge < -0.3 is 0 Å². The summed E-state index contributed by atoms with van der Waals surface area (Å²) in [5.74, 6) is 2.32. The fourth-order valence-corrected chi connectivity index (χ4v) is 6.53. The molecule has 0 nitrogen and oxygen atoms in total. The molecule has 0 amide bonds. The molecule has 2 aromatic rings. The third-order valence-corrected chi connectivity index (χ3v) is 8.30. The number of benzene rings is 2. The molecule has 0 heteroatoms. The average Bonchev–Trinajstić information content (AvgIpc) is 2.64. The Balaban J connectivity index is 1.68. The van der Waals surface area contributed by atoms with E-state index in [-0.39, 0.29) is 0 Å². The first-order chi connectivity index (χ1) is 12.8. The summed E-state index contributed by atoms with van der Waals surface area (Å²) in [4.78, 5) is 0. The third kappa shape index (κ3) is 3.16. The molecule has 0 aliphatic heterocycles. The second-order valence-corrected chi connectivity index (χ2v) is 10.3. The zero-order valence-electron chi connectivity index (χ0n) is 17.9. The summed E-state index contributed by atoms with van der Waals surface area (Å²) in [5.41, 5.74) is 6.98. The van der Waals surface area contributed by atoms with E-state index in [1.165, 1.54) is 43.2 Å². The van der Waals surface area contributed by atoms with Crippen LogP contribution in [0.1, 0.15) is 69.2 Å². The van der Waals surface area contributed by atoms with Crippen molar-refractivity contribution in [2.24, 2.45) is 23.2 Å². The molecule has 0 N–H and O–H groups in total. The van der Waals surface area contributed by atoms with Crippen LogP contribution in [0.25, 0.3) is 0 Å². The fourth-order valence-electron chi connectivity index (χ4n) is 6.53. The molecule has 2 aliphatic rings. The Hall–Kier alpha value is -1.56. The van der Waals surface area contributed by atoms with Crippen LogP contribution in [0, 0.1) is 30.1 Å². The summed E-state index contributed by atoms with van der Waals surface area (Å²) in [6.45, 7) is 12.5. The number of rotatable bonds is 4. The standard InChI is InChI=1S/C27H36/c1-19-11-12-23-18-27(5)21(3)13-14-26(4,24(23)16-19)25(27)17-20(2)15-22-9-7-6-8-10-22/h6-12,16,20-21,25H,13-15,17-18H2,1-5H3/t20?,21?,25-,26-,27-/m0/s1. The molecule has 1 fully saturated rings. The van der Waals surface area contributed by atoms with Crippen molar-refractivity contribution in [3.05, 3.63) is 70.8 Å². The van der Waals surface area contributed by atoms with Gasteiger partial charge in [-0.05, 0) is 84.3 Å². The van der Waals surface area contributed by atoms with Crippen molar-refractivity contribution in [1.82, 2.24) is 0 Å². The molecule has 2 aromatic carbocycles. The van der Waals surface area contributed by atoms with Gasteiger partial charge in [0.1, 0.15) is 0 Å². The van der Waals surface area contributed by atoms with E-state index in [0.29, 0.717) is 10.8 Å². The maximum absolute atomic E-state index is 2.61. The molecule has 4 rings (SSSR count). The summed E-state index contributed by atoms with van der Waals surface area (Å²) in [5, 5.41) is 0. The summed E-state index contributed by atoms with van der Waals surface area (Å²) in [7, 11) is 0. The van der Waals surface area contributed by atoms with Gasteiger partial charge >= 0.3 is 0 Å². The number of fused-ring (bicyclic) bond motifs is 4. The van der Waals surface area contributed by atoms with E-state index in [0.717, 1.165) is 17.8 Å². The lowest BCUT2D eigenvalue weighted by Gasteiger charge is -2.60. The molecule has 27 heavy (non-hydrogen) atoms. The Morgan fingerprint density at radius 3 is 2.56 bits per heavy atom. The minimum Gasteiger partial charge on any atom is -0.0622 e. The molecule has 5 atom stereocenters. The normalized spacial score (nSPS) is 33.4. The molecule has 0 saturated heterocycles. The summed E-state index contributed by atoms with van der Waals surface area (Å²) >= 11 is 0. The van der Waals surface area contributed by atoms with Gasteiger partial charge in [-0.2, -0.15) is 0 Å². The predicted octanol–water partition coefficient (Wildman–Crippen LogP) is 7.13. The van der Waals surface area contributed by atoms with Crippen molar-refractivity contribution in [2.45, 2.75) is 72.1 Å². The van der Waals surface area contributed by atoms with Gasteiger partial charge in [0.05, 0.1) is 0 Å². The van der Waals surface area contributed by atoms with Crippen LogP contribution in [-0.2, 0) is 18.3 Å². The van der Waals surface area contributed by atoms with E-state index < -0.39 is 0 Å². The lowest BCUT2D eigenvalue weighted by atomic mass is 9.44. The van der Waals surface area contributed by atoms with Crippen molar-refractivity contribution in [1.29, 1.82) is 0 Å². The van der Waals surface area contributed by atoms with Crippen LogP contribution >= 0.6 is 0 Å². The van der Waals surface area contributed by atoms with Crippen molar-refractivity contribution in [3.8, 4) is 0 Å². The molecular formula is C27H36. The quantitative estimate of drug-likeness (QED) is 0.544. The van der Waals surface area contributed by atoms with Crippen LogP contribution < -0.4 is 0 Å². The van der Waals surface area contributed by atoms with E-state index in [1.807, 2.05) is 0 Å². The lowest BCUT2D eigenvalue weighted by Crippen LogP contribution is -2.55. The molecule has 2 aliphatic carbocycles. The van der Waals surface area contributed by atoms with E-state index in [2.05, 4.69) is 83.1 Å². The van der Waals surface area contributed by atoms with Crippen LogP contribution in [-0.4, -0.2) is 0 Å². The first kappa shape index (κ1) is 18.8. The molecular weight excluding hydrogens is 324 g/mol. The molecule has 2 bridgehead atoms. The van der Waals surface area contributed by atoms with Gasteiger partial charge in [0.15, 0.2) is 0 Å². The molecule has 0 radical (unpaired) electrons. The maximum Gasteiger partial charge on any atom is -0.00386 e. The Bertz CT molecular complexity index is 804. The highest BCUT2D eigenvalue weighted by Crippen LogP contribution is 2.62. The second kappa shape index (κ2) is 6.80. The zero-order valence-corrected chi connectivity index (χ0v) is 17.9. The SMILES string of the molecule is Cc1ccc2c(c1)[C@]1(C)CCC(C)[C@](C)(C2)[C@H]1CC(C)Cc1ccccc1. The molecule has 1 saturated carbocycles. The van der Waals surface area contributed by atoms with Gasteiger partial charge in [0, 0.05) is 0 Å². The van der Waals surface area contributed by atoms with Gasteiger partial charge in [-0.3, -0.25) is 0 Å². The first-order valence-electron chi connectivity index (χ1n) is 11.0. The number of aryl methyl sites for hydroxylation is 1. The summed E-state index contributed by atoms with van der Waals surface area (Å²) in [6, 6.07) is 18.4. The topological polar surface area (TPSA) is 0 Å². The molecule has 0 spiro atoms. The van der Waals surface area contributed by atoms with Gasteiger partial charge in [-0.25, -0.2) is 0 Å². The fraction of sp³-hybridized carbons (Fsp3) is 0.556. The van der Waals surface area contributed by atoms with Crippen LogP contribution in [0.2, 0.25) is 0 Å². The highest BCUT2D eigenvalue weighted by atomic mass is 14.6. The average molecular weight is 361 g/mol. The van der Waals surface area contributed by atoms with Crippen molar-refractivity contribution in [3.63, 3.8) is 0 Å². The Kier molecular flexibility index (Phi) is 4.73. The monoisotopic (exact) mass is 360 g/mol. The van der Waals surface area contributed by atoms with E-state index in [1.54, 1.807) is 11.1 Å². The minimum absolute atomic E-state index is 0.339. The van der Waals surface area contributed by atoms with Crippen LogP contribution in [0.15, 0.2) is 48.5 Å². The highest BCUT2D eigenvalue weighted by molar-refractivity contribution is 5.43. The van der Waals surface area contributed by atoms with Crippen molar-refractivity contribution < 1.29 is 0 Å². The molecule has 144 valence electrons. The smallest absolute Gasteiger partial charge is 0.00386 e. The summed E-state index contributed by atoms with van der Waals surface area (Å²) in [6.07, 6.45) is 6.55. The van der Waals surface area contributed by atoms with E-state index >= 15 is 0 Å². The number of hydrogen-bond donors (Lipinski definition) is 0. The number of hydrogen-bond acceptors (Lipinski definition) is 0. The first-order valence-corrected chi connectivity index (χ1v) is 11.0. The molecule has 0 heterocycles. The van der Waals surface area contributed by atoms with E-state index in [4.69, 9.17) is 0 Å². The Labute approximate surface area is 166 Å². The van der Waals surface area contributed by atoms with Crippen LogP contribution in [0.5, 0.6) is 0 Å². The van der Waals surface area contributed by atoms with Crippen LogP contribution in [0.3, 0.4) is 0 Å². The van der Waals surface area contributed by atoms with Gasteiger partial charge in [-0.15, -0.1) is 0 Å². The Morgan fingerprint density at radius 2 is 1.81 bits per heavy atom. The highest BCUT2D eigenvalue weighted by Gasteiger charge is 2.56. The van der Waals surface area contributed by atoms with E-state index in [9.17, 15) is 0 Å². The van der Waals surface area contributed by atoms with Gasteiger partial charge in [0.2, 0.25) is 0 Å². The van der Waals surface area contributed by atoms with Gasteiger partial charge in [0.25, 0.3) is 0 Å². The summed E-state index contributed by atoms with van der Waals surface area (Å²) < 4.78 is 0. The molecule has 2 unspecified atom stereocenters. The Morgan fingerprint density at radius 1 is 1.07 bits per heavy atom.